The first-order chi connectivity index (χ1) is 9.50. The number of aromatic nitrogens is 1. The molecule has 20 heavy (non-hydrogen) atoms. The molecule has 112 valence electrons. The minimum absolute atomic E-state index is 0.325. The summed E-state index contributed by atoms with van der Waals surface area (Å²) in [6.45, 7) is 12.7. The maximum atomic E-state index is 4.21. The minimum Gasteiger partial charge on any atom is -0.311 e. The highest BCUT2D eigenvalue weighted by Crippen LogP contribution is 2.24. The first-order valence-corrected chi connectivity index (χ1v) is 7.87. The van der Waals surface area contributed by atoms with E-state index in [-0.39, 0.29) is 0 Å². The molecular formula is C17H29N3. The average molecular weight is 275 g/mol. The third kappa shape index (κ3) is 4.03. The highest BCUT2D eigenvalue weighted by molar-refractivity contribution is 5.09. The summed E-state index contributed by atoms with van der Waals surface area (Å²) in [5.74, 6) is 0. The van der Waals surface area contributed by atoms with Crippen molar-refractivity contribution >= 4 is 0 Å². The summed E-state index contributed by atoms with van der Waals surface area (Å²) in [6.07, 6.45) is 6.15. The van der Waals surface area contributed by atoms with Gasteiger partial charge in [-0.1, -0.05) is 33.8 Å². The summed E-state index contributed by atoms with van der Waals surface area (Å²) in [7, 11) is 0. The Morgan fingerprint density at radius 2 is 2.20 bits per heavy atom. The van der Waals surface area contributed by atoms with Crippen molar-refractivity contribution in [2.24, 2.45) is 5.41 Å². The number of nitrogens with zero attached hydrogens (tertiary/aromatic N) is 2. The van der Waals surface area contributed by atoms with E-state index in [1.54, 1.807) is 0 Å². The third-order valence-electron chi connectivity index (χ3n) is 4.46. The highest BCUT2D eigenvalue weighted by Gasteiger charge is 2.32. The molecule has 0 amide bonds. The van der Waals surface area contributed by atoms with E-state index in [9.17, 15) is 0 Å². The first-order valence-electron chi connectivity index (χ1n) is 7.87. The van der Waals surface area contributed by atoms with Gasteiger partial charge >= 0.3 is 0 Å². The third-order valence-corrected chi connectivity index (χ3v) is 4.46. The van der Waals surface area contributed by atoms with Crippen LogP contribution in [-0.4, -0.2) is 41.6 Å². The van der Waals surface area contributed by atoms with Gasteiger partial charge in [0, 0.05) is 44.1 Å². The Morgan fingerprint density at radius 1 is 1.40 bits per heavy atom. The van der Waals surface area contributed by atoms with Crippen molar-refractivity contribution in [1.29, 1.82) is 0 Å². The number of pyridine rings is 1. The quantitative estimate of drug-likeness (QED) is 0.916. The lowest BCUT2D eigenvalue weighted by Gasteiger charge is -2.45. The van der Waals surface area contributed by atoms with Gasteiger partial charge in [-0.05, 0) is 29.9 Å². The van der Waals surface area contributed by atoms with E-state index in [4.69, 9.17) is 0 Å². The molecule has 1 fully saturated rings. The minimum atomic E-state index is 0.325. The molecule has 1 saturated heterocycles. The molecule has 1 N–H and O–H groups in total. The molecule has 2 atom stereocenters. The molecule has 2 unspecified atom stereocenters. The number of piperazine rings is 1. The lowest BCUT2D eigenvalue weighted by Crippen LogP contribution is -2.60. The van der Waals surface area contributed by atoms with Crippen molar-refractivity contribution < 1.29 is 0 Å². The second-order valence-electron chi connectivity index (χ2n) is 7.00. The fourth-order valence-corrected chi connectivity index (χ4v) is 2.93. The van der Waals surface area contributed by atoms with Gasteiger partial charge < -0.3 is 5.32 Å². The average Bonchev–Trinajstić information content (AvgIpc) is 2.45. The molecular weight excluding hydrogens is 246 g/mol. The Bertz CT molecular complexity index is 396. The summed E-state index contributed by atoms with van der Waals surface area (Å²) in [4.78, 5) is 6.88. The summed E-state index contributed by atoms with van der Waals surface area (Å²) in [5, 5.41) is 3.73. The van der Waals surface area contributed by atoms with Crippen LogP contribution in [0.15, 0.2) is 24.5 Å². The molecule has 2 heterocycles. The van der Waals surface area contributed by atoms with Gasteiger partial charge in [0.25, 0.3) is 0 Å². The lowest BCUT2D eigenvalue weighted by molar-refractivity contribution is 0.0846. The lowest BCUT2D eigenvalue weighted by atomic mass is 9.84. The predicted octanol–water partition coefficient (Wildman–Crippen LogP) is 2.72. The topological polar surface area (TPSA) is 28.2 Å². The molecule has 0 radical (unpaired) electrons. The van der Waals surface area contributed by atoms with E-state index >= 15 is 0 Å². The van der Waals surface area contributed by atoms with Crippen LogP contribution in [0.3, 0.4) is 0 Å². The Balaban J connectivity index is 1.95. The Labute approximate surface area is 123 Å². The molecule has 0 aliphatic carbocycles. The SMILES string of the molecule is CCC1CNC(C(C)(C)C)CN1CCc1cccnc1. The van der Waals surface area contributed by atoms with E-state index in [2.05, 4.69) is 49.0 Å². The van der Waals surface area contributed by atoms with E-state index < -0.39 is 0 Å². The summed E-state index contributed by atoms with van der Waals surface area (Å²) < 4.78 is 0. The summed E-state index contributed by atoms with van der Waals surface area (Å²) in [5.41, 5.74) is 1.67. The van der Waals surface area contributed by atoms with Crippen LogP contribution in [0, 0.1) is 5.41 Å². The van der Waals surface area contributed by atoms with Gasteiger partial charge in [0.1, 0.15) is 0 Å². The van der Waals surface area contributed by atoms with Gasteiger partial charge in [0.2, 0.25) is 0 Å². The predicted molar refractivity (Wildman–Crippen MR) is 84.8 cm³/mol. The molecule has 0 aromatic carbocycles. The van der Waals surface area contributed by atoms with Crippen molar-refractivity contribution in [3.05, 3.63) is 30.1 Å². The Hall–Kier alpha value is -0.930. The van der Waals surface area contributed by atoms with Crippen LogP contribution in [0.2, 0.25) is 0 Å². The van der Waals surface area contributed by atoms with Crippen molar-refractivity contribution in [3.8, 4) is 0 Å². The van der Waals surface area contributed by atoms with Crippen LogP contribution >= 0.6 is 0 Å². The van der Waals surface area contributed by atoms with Gasteiger partial charge in [-0.3, -0.25) is 9.88 Å². The van der Waals surface area contributed by atoms with Crippen LogP contribution in [0.5, 0.6) is 0 Å². The maximum Gasteiger partial charge on any atom is 0.0300 e. The zero-order valence-electron chi connectivity index (χ0n) is 13.4. The second kappa shape index (κ2) is 6.68. The standard InChI is InChI=1S/C17H29N3/c1-5-15-12-19-16(17(2,3)4)13-20(15)10-8-14-7-6-9-18-11-14/h6-7,9,11,15-16,19H,5,8,10,12-13H2,1-4H3. The van der Waals surface area contributed by atoms with Gasteiger partial charge in [-0.25, -0.2) is 0 Å². The molecule has 3 nitrogen and oxygen atoms in total. The van der Waals surface area contributed by atoms with Crippen LogP contribution < -0.4 is 5.32 Å². The monoisotopic (exact) mass is 275 g/mol. The van der Waals surface area contributed by atoms with Crippen molar-refractivity contribution in [1.82, 2.24) is 15.2 Å². The smallest absolute Gasteiger partial charge is 0.0300 e. The van der Waals surface area contributed by atoms with Crippen LogP contribution in [0.25, 0.3) is 0 Å². The van der Waals surface area contributed by atoms with Gasteiger partial charge in [0.05, 0.1) is 0 Å². The number of hydrogen-bond donors (Lipinski definition) is 1. The number of nitrogens with one attached hydrogen (secondary N) is 1. The number of hydrogen-bond acceptors (Lipinski definition) is 3. The van der Waals surface area contributed by atoms with Crippen molar-refractivity contribution in [2.75, 3.05) is 19.6 Å². The molecule has 0 bridgehead atoms. The van der Waals surface area contributed by atoms with Crippen LogP contribution in [0.1, 0.15) is 39.7 Å². The Kier molecular flexibility index (Phi) is 5.17. The molecule has 0 saturated carbocycles. The zero-order chi connectivity index (χ0) is 14.6. The van der Waals surface area contributed by atoms with Gasteiger partial charge in [0.15, 0.2) is 0 Å². The van der Waals surface area contributed by atoms with Crippen LogP contribution in [0.4, 0.5) is 0 Å². The van der Waals surface area contributed by atoms with Crippen molar-refractivity contribution in [3.63, 3.8) is 0 Å². The van der Waals surface area contributed by atoms with E-state index in [0.29, 0.717) is 17.5 Å². The number of rotatable bonds is 4. The van der Waals surface area contributed by atoms with Crippen molar-refractivity contribution in [2.45, 2.75) is 52.6 Å². The van der Waals surface area contributed by atoms with Crippen LogP contribution in [-0.2, 0) is 6.42 Å². The van der Waals surface area contributed by atoms with E-state index in [0.717, 1.165) is 26.1 Å². The zero-order valence-corrected chi connectivity index (χ0v) is 13.4. The summed E-state index contributed by atoms with van der Waals surface area (Å²) >= 11 is 0. The highest BCUT2D eigenvalue weighted by atomic mass is 15.2. The van der Waals surface area contributed by atoms with Gasteiger partial charge in [-0.15, -0.1) is 0 Å². The fourth-order valence-electron chi connectivity index (χ4n) is 2.93. The molecule has 0 spiro atoms. The molecule has 3 heteroatoms. The molecule has 1 aromatic rings. The molecule has 1 aliphatic heterocycles. The maximum absolute atomic E-state index is 4.21. The Morgan fingerprint density at radius 3 is 2.80 bits per heavy atom. The fraction of sp³-hybridized carbons (Fsp3) is 0.706. The molecule has 2 rings (SSSR count). The first kappa shape index (κ1) is 15.5. The van der Waals surface area contributed by atoms with E-state index in [1.165, 1.54) is 12.0 Å². The normalized spacial score (nSPS) is 24.8. The molecule has 1 aliphatic rings. The molecule has 1 aromatic heterocycles. The second-order valence-corrected chi connectivity index (χ2v) is 7.00. The summed E-state index contributed by atoms with van der Waals surface area (Å²) in [6, 6.07) is 5.46. The van der Waals surface area contributed by atoms with E-state index in [1.807, 2.05) is 18.5 Å². The van der Waals surface area contributed by atoms with Gasteiger partial charge in [-0.2, -0.15) is 0 Å². The largest absolute Gasteiger partial charge is 0.311 e.